The van der Waals surface area contributed by atoms with Gasteiger partial charge in [-0.05, 0) is 37.8 Å². The minimum Gasteiger partial charge on any atom is -0.478 e. The van der Waals surface area contributed by atoms with Gasteiger partial charge in [0.05, 0.1) is 25.3 Å². The zero-order valence-electron chi connectivity index (χ0n) is 15.6. The highest BCUT2D eigenvalue weighted by molar-refractivity contribution is 6.03. The summed E-state index contributed by atoms with van der Waals surface area (Å²) < 4.78 is 5.75. The number of fused-ring (bicyclic) bond motifs is 1. The van der Waals surface area contributed by atoms with Gasteiger partial charge in [0.25, 0.3) is 5.91 Å². The second kappa shape index (κ2) is 9.03. The Hall–Kier alpha value is -2.08. The summed E-state index contributed by atoms with van der Waals surface area (Å²) in [6, 6.07) is 7.40. The maximum Gasteiger partial charge on any atom is 0.268 e. The lowest BCUT2D eigenvalue weighted by Gasteiger charge is -2.33. The summed E-state index contributed by atoms with van der Waals surface area (Å²) in [4.78, 5) is 28.2. The quantitative estimate of drug-likeness (QED) is 0.706. The van der Waals surface area contributed by atoms with Gasteiger partial charge in [-0.3, -0.25) is 14.5 Å². The summed E-state index contributed by atoms with van der Waals surface area (Å²) in [6.45, 7) is 6.25. The summed E-state index contributed by atoms with van der Waals surface area (Å²) in [5.74, 6) is 0.415. The van der Waals surface area contributed by atoms with E-state index in [-0.39, 0.29) is 18.4 Å². The van der Waals surface area contributed by atoms with Crippen molar-refractivity contribution < 1.29 is 19.2 Å². The number of para-hydroxylation sites is 2. The largest absolute Gasteiger partial charge is 0.478 e. The molecule has 6 heteroatoms. The molecule has 1 fully saturated rings. The van der Waals surface area contributed by atoms with Crippen LogP contribution >= 0.6 is 0 Å². The Labute approximate surface area is 155 Å². The van der Waals surface area contributed by atoms with Gasteiger partial charge in [0, 0.05) is 13.0 Å². The molecular formula is C20H30N3O3+. The number of anilines is 1. The first-order valence-corrected chi connectivity index (χ1v) is 9.86. The lowest BCUT2D eigenvalue weighted by Crippen LogP contribution is -3.12. The third-order valence-corrected chi connectivity index (χ3v) is 5.23. The molecule has 26 heavy (non-hydrogen) atoms. The highest BCUT2D eigenvalue weighted by Gasteiger charge is 2.34. The third kappa shape index (κ3) is 4.55. The van der Waals surface area contributed by atoms with Crippen LogP contribution in [0.3, 0.4) is 0 Å². The Morgan fingerprint density at radius 3 is 2.81 bits per heavy atom. The molecule has 2 amide bonds. The molecule has 0 radical (unpaired) electrons. The molecule has 1 unspecified atom stereocenters. The standard InChI is InChI=1S/C20H29N3O3/c1-2-17-20(25)23(16-9-4-5-10-18(16)26-17)15-19(24)21-11-8-14-22-12-6-3-7-13-22/h4-5,9-10,17H,2-3,6-8,11-15H2,1H3,(H,21,24)/p+1. The molecule has 0 bridgehead atoms. The number of hydrogen-bond acceptors (Lipinski definition) is 3. The first-order valence-electron chi connectivity index (χ1n) is 9.86. The average molecular weight is 360 g/mol. The van der Waals surface area contributed by atoms with E-state index in [2.05, 4.69) is 5.32 Å². The molecule has 2 aliphatic heterocycles. The molecule has 1 aromatic carbocycles. The van der Waals surface area contributed by atoms with Crippen LogP contribution in [0.15, 0.2) is 24.3 Å². The number of nitrogens with zero attached hydrogens (tertiary/aromatic N) is 1. The Bertz CT molecular complexity index is 628. The van der Waals surface area contributed by atoms with Gasteiger partial charge in [-0.15, -0.1) is 0 Å². The van der Waals surface area contributed by atoms with Gasteiger partial charge in [0.15, 0.2) is 6.10 Å². The van der Waals surface area contributed by atoms with Crippen molar-refractivity contribution in [3.8, 4) is 5.75 Å². The summed E-state index contributed by atoms with van der Waals surface area (Å²) in [6.07, 6.45) is 5.04. The van der Waals surface area contributed by atoms with Crippen molar-refractivity contribution in [2.45, 2.75) is 45.1 Å². The Morgan fingerprint density at radius 1 is 1.27 bits per heavy atom. The number of rotatable bonds is 7. The van der Waals surface area contributed by atoms with E-state index in [1.54, 1.807) is 9.80 Å². The molecule has 1 saturated heterocycles. The fourth-order valence-electron chi connectivity index (χ4n) is 3.76. The number of quaternary nitrogens is 1. The van der Waals surface area contributed by atoms with Crippen LogP contribution < -0.4 is 19.9 Å². The highest BCUT2D eigenvalue weighted by atomic mass is 16.5. The second-order valence-electron chi connectivity index (χ2n) is 7.17. The first kappa shape index (κ1) is 18.7. The van der Waals surface area contributed by atoms with Crippen molar-refractivity contribution in [1.82, 2.24) is 5.32 Å². The van der Waals surface area contributed by atoms with Crippen molar-refractivity contribution in [1.29, 1.82) is 0 Å². The minimum absolute atomic E-state index is 0.0479. The van der Waals surface area contributed by atoms with E-state index in [0.717, 1.165) is 13.0 Å². The highest BCUT2D eigenvalue weighted by Crippen LogP contribution is 2.34. The third-order valence-electron chi connectivity index (χ3n) is 5.23. The van der Waals surface area contributed by atoms with E-state index in [1.807, 2.05) is 31.2 Å². The van der Waals surface area contributed by atoms with Crippen LogP contribution in [0.4, 0.5) is 5.69 Å². The molecular weight excluding hydrogens is 330 g/mol. The molecule has 1 atom stereocenters. The zero-order valence-corrected chi connectivity index (χ0v) is 15.6. The average Bonchev–Trinajstić information content (AvgIpc) is 2.68. The maximum absolute atomic E-state index is 12.6. The van der Waals surface area contributed by atoms with E-state index in [4.69, 9.17) is 4.74 Å². The number of benzene rings is 1. The lowest BCUT2D eigenvalue weighted by atomic mass is 10.1. The first-order chi connectivity index (χ1) is 12.7. The molecule has 2 heterocycles. The molecule has 0 aromatic heterocycles. The van der Waals surface area contributed by atoms with Crippen LogP contribution in [-0.4, -0.2) is 50.6 Å². The zero-order chi connectivity index (χ0) is 18.4. The van der Waals surface area contributed by atoms with E-state index >= 15 is 0 Å². The van der Waals surface area contributed by atoms with Gasteiger partial charge in [-0.2, -0.15) is 0 Å². The molecule has 6 nitrogen and oxygen atoms in total. The number of amides is 2. The number of carbonyl (C=O) groups excluding carboxylic acids is 2. The summed E-state index contributed by atoms with van der Waals surface area (Å²) in [5, 5.41) is 2.97. The molecule has 2 N–H and O–H groups in total. The summed E-state index contributed by atoms with van der Waals surface area (Å²) >= 11 is 0. The van der Waals surface area contributed by atoms with E-state index in [9.17, 15) is 9.59 Å². The van der Waals surface area contributed by atoms with Crippen LogP contribution in [0.5, 0.6) is 5.75 Å². The molecule has 0 saturated carbocycles. The number of piperidine rings is 1. The van der Waals surface area contributed by atoms with Gasteiger partial charge in [0.1, 0.15) is 12.3 Å². The molecule has 142 valence electrons. The van der Waals surface area contributed by atoms with Crippen LogP contribution in [-0.2, 0) is 9.59 Å². The van der Waals surface area contributed by atoms with Gasteiger partial charge in [-0.1, -0.05) is 19.1 Å². The van der Waals surface area contributed by atoms with Crippen molar-refractivity contribution in [2.75, 3.05) is 37.6 Å². The predicted molar refractivity (Wildman–Crippen MR) is 101 cm³/mol. The van der Waals surface area contributed by atoms with Gasteiger partial charge >= 0.3 is 0 Å². The second-order valence-corrected chi connectivity index (χ2v) is 7.17. The van der Waals surface area contributed by atoms with E-state index in [0.29, 0.717) is 24.4 Å². The molecule has 0 aliphatic carbocycles. The van der Waals surface area contributed by atoms with Crippen LogP contribution in [0.25, 0.3) is 0 Å². The number of hydrogen-bond donors (Lipinski definition) is 2. The number of likely N-dealkylation sites (tertiary alicyclic amines) is 1. The van der Waals surface area contributed by atoms with Crippen molar-refractivity contribution in [3.63, 3.8) is 0 Å². The number of carbonyl (C=O) groups is 2. The van der Waals surface area contributed by atoms with Crippen LogP contribution in [0, 0.1) is 0 Å². The topological polar surface area (TPSA) is 63.1 Å². The van der Waals surface area contributed by atoms with Gasteiger partial charge in [-0.25, -0.2) is 0 Å². The van der Waals surface area contributed by atoms with Gasteiger partial charge in [0.2, 0.25) is 5.91 Å². The number of ether oxygens (including phenoxy) is 1. The van der Waals surface area contributed by atoms with Crippen molar-refractivity contribution in [2.24, 2.45) is 0 Å². The molecule has 1 aromatic rings. The van der Waals surface area contributed by atoms with Crippen molar-refractivity contribution in [3.05, 3.63) is 24.3 Å². The smallest absolute Gasteiger partial charge is 0.268 e. The summed E-state index contributed by atoms with van der Waals surface area (Å²) in [5.41, 5.74) is 0.676. The minimum atomic E-state index is -0.514. The molecule has 0 spiro atoms. The van der Waals surface area contributed by atoms with E-state index in [1.165, 1.54) is 32.4 Å². The van der Waals surface area contributed by atoms with E-state index < -0.39 is 6.10 Å². The maximum atomic E-state index is 12.6. The SMILES string of the molecule is CCC1Oc2ccccc2N(CC(=O)NCCC[NH+]2CCCCC2)C1=O. The Kier molecular flexibility index (Phi) is 6.50. The molecule has 2 aliphatic rings. The summed E-state index contributed by atoms with van der Waals surface area (Å²) in [7, 11) is 0. The van der Waals surface area contributed by atoms with Crippen LogP contribution in [0.2, 0.25) is 0 Å². The van der Waals surface area contributed by atoms with Crippen LogP contribution in [0.1, 0.15) is 39.0 Å². The monoisotopic (exact) mass is 360 g/mol. The Balaban J connectivity index is 1.50. The van der Waals surface area contributed by atoms with Gasteiger partial charge < -0.3 is 15.0 Å². The number of nitrogens with one attached hydrogen (secondary N) is 2. The van der Waals surface area contributed by atoms with Crippen molar-refractivity contribution >= 4 is 17.5 Å². The molecule has 3 rings (SSSR count). The fourth-order valence-corrected chi connectivity index (χ4v) is 3.76. The fraction of sp³-hybridized carbons (Fsp3) is 0.600. The normalized spacial score (nSPS) is 20.4. The lowest BCUT2D eigenvalue weighted by molar-refractivity contribution is -0.904. The predicted octanol–water partition coefficient (Wildman–Crippen LogP) is 0.766. The Morgan fingerprint density at radius 2 is 2.04 bits per heavy atom.